The highest BCUT2D eigenvalue weighted by atomic mass is 19.1. The van der Waals surface area contributed by atoms with E-state index in [1.54, 1.807) is 6.92 Å². The molecule has 1 rings (SSSR count). The van der Waals surface area contributed by atoms with E-state index < -0.39 is 27.9 Å². The second kappa shape index (κ2) is 5.94. The molecule has 1 aromatic carbocycles. The summed E-state index contributed by atoms with van der Waals surface area (Å²) >= 11 is 0. The van der Waals surface area contributed by atoms with Crippen LogP contribution >= 0.6 is 0 Å². The van der Waals surface area contributed by atoms with Crippen LogP contribution in [0.15, 0.2) is 12.1 Å². The standard InChI is InChI=1S/C13H17FN2O5/c1-5-15(13(2,3)12(17)18)9-7-11(21-4)8(14)6-10(9)16(19)20/h6-7H,5H2,1-4H3,(H,17,18). The fraction of sp³-hybridized carbons (Fsp3) is 0.462. The van der Waals surface area contributed by atoms with Crippen molar-refractivity contribution in [1.82, 2.24) is 0 Å². The number of benzene rings is 1. The van der Waals surface area contributed by atoms with E-state index in [1.165, 1.54) is 25.9 Å². The van der Waals surface area contributed by atoms with E-state index >= 15 is 0 Å². The van der Waals surface area contributed by atoms with Crippen LogP contribution in [0.2, 0.25) is 0 Å². The van der Waals surface area contributed by atoms with Crippen LogP contribution in [0.4, 0.5) is 15.8 Å². The molecule has 0 aliphatic rings. The Morgan fingerprint density at radius 3 is 2.48 bits per heavy atom. The minimum atomic E-state index is -1.40. The predicted molar refractivity (Wildman–Crippen MR) is 74.3 cm³/mol. The number of hydrogen-bond donors (Lipinski definition) is 1. The lowest BCUT2D eigenvalue weighted by atomic mass is 10.0. The fourth-order valence-electron chi connectivity index (χ4n) is 2.03. The Bertz CT molecular complexity index is 574. The van der Waals surface area contributed by atoms with Crippen molar-refractivity contribution in [3.05, 3.63) is 28.1 Å². The van der Waals surface area contributed by atoms with Crippen molar-refractivity contribution >= 4 is 17.3 Å². The van der Waals surface area contributed by atoms with E-state index in [-0.39, 0.29) is 18.0 Å². The number of carboxylic acid groups (broad SMARTS) is 1. The van der Waals surface area contributed by atoms with Gasteiger partial charge in [0, 0.05) is 12.6 Å². The molecule has 0 bridgehead atoms. The number of nitro groups is 1. The Morgan fingerprint density at radius 2 is 2.10 bits per heavy atom. The van der Waals surface area contributed by atoms with Crippen LogP contribution in [0.3, 0.4) is 0 Å². The van der Waals surface area contributed by atoms with Gasteiger partial charge in [0.2, 0.25) is 0 Å². The largest absolute Gasteiger partial charge is 0.494 e. The topological polar surface area (TPSA) is 92.9 Å². The van der Waals surface area contributed by atoms with E-state index in [2.05, 4.69) is 0 Å². The molecular weight excluding hydrogens is 283 g/mol. The summed E-state index contributed by atoms with van der Waals surface area (Å²) in [5, 5.41) is 20.4. The summed E-state index contributed by atoms with van der Waals surface area (Å²) in [7, 11) is 1.23. The smallest absolute Gasteiger partial charge is 0.328 e. The first kappa shape index (κ1) is 16.7. The number of halogens is 1. The zero-order valence-electron chi connectivity index (χ0n) is 12.2. The normalized spacial score (nSPS) is 11.1. The van der Waals surface area contributed by atoms with Crippen molar-refractivity contribution in [2.75, 3.05) is 18.6 Å². The number of anilines is 1. The second-order valence-corrected chi connectivity index (χ2v) is 4.84. The van der Waals surface area contributed by atoms with Gasteiger partial charge in [-0.25, -0.2) is 9.18 Å². The van der Waals surface area contributed by atoms with Crippen LogP contribution in [0.1, 0.15) is 20.8 Å². The van der Waals surface area contributed by atoms with Gasteiger partial charge in [0.25, 0.3) is 5.69 Å². The van der Waals surface area contributed by atoms with Gasteiger partial charge in [0.1, 0.15) is 11.2 Å². The van der Waals surface area contributed by atoms with Crippen LogP contribution in [0, 0.1) is 15.9 Å². The van der Waals surface area contributed by atoms with Crippen LogP contribution < -0.4 is 9.64 Å². The zero-order chi connectivity index (χ0) is 16.4. The number of aliphatic carboxylic acids is 1. The van der Waals surface area contributed by atoms with Gasteiger partial charge in [-0.05, 0) is 20.8 Å². The molecule has 0 spiro atoms. The first-order valence-corrected chi connectivity index (χ1v) is 6.19. The van der Waals surface area contributed by atoms with E-state index in [0.717, 1.165) is 12.1 Å². The van der Waals surface area contributed by atoms with Gasteiger partial charge in [0.05, 0.1) is 18.1 Å². The average Bonchev–Trinajstić information content (AvgIpc) is 2.39. The molecule has 116 valence electrons. The molecule has 0 fully saturated rings. The molecule has 8 heteroatoms. The molecule has 0 heterocycles. The van der Waals surface area contributed by atoms with Crippen molar-refractivity contribution in [3.8, 4) is 5.75 Å². The number of carboxylic acids is 1. The minimum absolute atomic E-state index is 0.00634. The second-order valence-electron chi connectivity index (χ2n) is 4.84. The lowest BCUT2D eigenvalue weighted by molar-refractivity contribution is -0.384. The number of nitrogens with zero attached hydrogens (tertiary/aromatic N) is 2. The molecule has 1 aromatic rings. The molecule has 0 radical (unpaired) electrons. The van der Waals surface area contributed by atoms with Crippen LogP contribution in [-0.4, -0.2) is 35.2 Å². The summed E-state index contributed by atoms with van der Waals surface area (Å²) < 4.78 is 18.5. The molecule has 0 aromatic heterocycles. The molecule has 0 unspecified atom stereocenters. The van der Waals surface area contributed by atoms with Crippen LogP contribution in [0.5, 0.6) is 5.75 Å². The maximum absolute atomic E-state index is 13.6. The molecule has 0 saturated carbocycles. The van der Waals surface area contributed by atoms with Gasteiger partial charge in [-0.2, -0.15) is 0 Å². The lowest BCUT2D eigenvalue weighted by Crippen LogP contribution is -2.50. The number of rotatable bonds is 6. The Hall–Kier alpha value is -2.38. The highest BCUT2D eigenvalue weighted by Crippen LogP contribution is 2.37. The van der Waals surface area contributed by atoms with Crippen molar-refractivity contribution in [3.63, 3.8) is 0 Å². The minimum Gasteiger partial charge on any atom is -0.494 e. The summed E-state index contributed by atoms with van der Waals surface area (Å²) in [6, 6.07) is 1.87. The quantitative estimate of drug-likeness (QED) is 0.640. The van der Waals surface area contributed by atoms with Crippen LogP contribution in [0.25, 0.3) is 0 Å². The van der Waals surface area contributed by atoms with Crippen molar-refractivity contribution < 1.29 is 24.0 Å². The van der Waals surface area contributed by atoms with Crippen molar-refractivity contribution in [2.45, 2.75) is 26.3 Å². The fourth-order valence-corrected chi connectivity index (χ4v) is 2.03. The summed E-state index contributed by atoms with van der Waals surface area (Å²) in [6.07, 6.45) is 0. The SMILES string of the molecule is CCN(c1cc(OC)c(F)cc1[N+](=O)[O-])C(C)(C)C(=O)O. The van der Waals surface area contributed by atoms with Gasteiger partial charge in [0.15, 0.2) is 11.6 Å². The summed E-state index contributed by atoms with van der Waals surface area (Å²) in [5.41, 5.74) is -1.92. The number of nitro benzene ring substituents is 1. The predicted octanol–water partition coefficient (Wildman–Crippen LogP) is 2.43. The summed E-state index contributed by atoms with van der Waals surface area (Å²) in [4.78, 5) is 23.1. The third-order valence-electron chi connectivity index (χ3n) is 3.25. The van der Waals surface area contributed by atoms with Gasteiger partial charge in [-0.3, -0.25) is 10.1 Å². The molecular formula is C13H17FN2O5. The van der Waals surface area contributed by atoms with Gasteiger partial charge >= 0.3 is 5.97 Å². The maximum Gasteiger partial charge on any atom is 0.328 e. The summed E-state index contributed by atoms with van der Waals surface area (Å²) in [6.45, 7) is 4.68. The van der Waals surface area contributed by atoms with Crippen molar-refractivity contribution in [2.24, 2.45) is 0 Å². The third kappa shape index (κ3) is 3.04. The molecule has 21 heavy (non-hydrogen) atoms. The van der Waals surface area contributed by atoms with Gasteiger partial charge in [-0.15, -0.1) is 0 Å². The van der Waals surface area contributed by atoms with E-state index in [9.17, 15) is 24.4 Å². The Labute approximate surface area is 121 Å². The Kier molecular flexibility index (Phi) is 4.72. The van der Waals surface area contributed by atoms with E-state index in [4.69, 9.17) is 4.74 Å². The maximum atomic E-state index is 13.6. The van der Waals surface area contributed by atoms with E-state index in [0.29, 0.717) is 0 Å². The van der Waals surface area contributed by atoms with E-state index in [1.807, 2.05) is 0 Å². The first-order valence-electron chi connectivity index (χ1n) is 6.19. The highest BCUT2D eigenvalue weighted by molar-refractivity contribution is 5.84. The highest BCUT2D eigenvalue weighted by Gasteiger charge is 2.37. The lowest BCUT2D eigenvalue weighted by Gasteiger charge is -2.35. The number of carbonyl (C=O) groups is 1. The number of hydrogen-bond acceptors (Lipinski definition) is 5. The summed E-state index contributed by atoms with van der Waals surface area (Å²) in [5.74, 6) is -2.21. The van der Waals surface area contributed by atoms with Gasteiger partial charge in [-0.1, -0.05) is 0 Å². The number of ether oxygens (including phenoxy) is 1. The molecule has 1 N–H and O–H groups in total. The van der Waals surface area contributed by atoms with Crippen LogP contribution in [-0.2, 0) is 4.79 Å². The number of likely N-dealkylation sites (N-methyl/N-ethyl adjacent to an activating group) is 1. The first-order chi connectivity index (χ1) is 9.66. The molecule has 0 amide bonds. The zero-order valence-corrected chi connectivity index (χ0v) is 12.2. The average molecular weight is 300 g/mol. The molecule has 0 aliphatic heterocycles. The number of methoxy groups -OCH3 is 1. The molecule has 7 nitrogen and oxygen atoms in total. The Morgan fingerprint density at radius 1 is 1.52 bits per heavy atom. The molecule has 0 saturated heterocycles. The Balaban J connectivity index is 3.57. The molecule has 0 atom stereocenters. The monoisotopic (exact) mass is 300 g/mol. The van der Waals surface area contributed by atoms with Crippen molar-refractivity contribution in [1.29, 1.82) is 0 Å². The van der Waals surface area contributed by atoms with Gasteiger partial charge < -0.3 is 14.7 Å². The molecule has 0 aliphatic carbocycles. The third-order valence-corrected chi connectivity index (χ3v) is 3.25.